The van der Waals surface area contributed by atoms with Gasteiger partial charge in [0.2, 0.25) is 5.91 Å². The van der Waals surface area contributed by atoms with Crippen LogP contribution in [0.25, 0.3) is 6.08 Å². The van der Waals surface area contributed by atoms with E-state index in [-0.39, 0.29) is 17.9 Å². The van der Waals surface area contributed by atoms with E-state index in [1.54, 1.807) is 48.4 Å². The molecule has 0 fully saturated rings. The predicted octanol–water partition coefficient (Wildman–Crippen LogP) is 5.83. The van der Waals surface area contributed by atoms with Gasteiger partial charge >= 0.3 is 0 Å². The van der Waals surface area contributed by atoms with Crippen molar-refractivity contribution in [3.8, 4) is 0 Å². The van der Waals surface area contributed by atoms with Crippen LogP contribution in [0.15, 0.2) is 84.9 Å². The average Bonchev–Trinajstić information content (AvgIpc) is 2.78. The lowest BCUT2D eigenvalue weighted by Gasteiger charge is -2.24. The molecule has 0 saturated heterocycles. The van der Waals surface area contributed by atoms with Crippen LogP contribution < -0.4 is 5.32 Å². The number of benzene rings is 3. The van der Waals surface area contributed by atoms with Crippen molar-refractivity contribution in [2.24, 2.45) is 0 Å². The highest BCUT2D eigenvalue weighted by Gasteiger charge is 2.16. The second kappa shape index (κ2) is 9.90. The first-order valence-electron chi connectivity index (χ1n) is 9.61. The highest BCUT2D eigenvalue weighted by atomic mass is 35.5. The standard InChI is InChI=1S/C25H23ClN2O2/c1-18(28(2)24(29)16-13-19-11-14-22(26)15-12-19)21-9-6-10-23(17-21)27-25(30)20-7-4-3-5-8-20/h3-18H,1-2H3,(H,27,30)/b16-13+. The molecule has 0 aliphatic rings. The number of rotatable bonds is 6. The minimum Gasteiger partial charge on any atom is -0.335 e. The summed E-state index contributed by atoms with van der Waals surface area (Å²) in [5, 5.41) is 3.56. The minimum atomic E-state index is -0.171. The quantitative estimate of drug-likeness (QED) is 0.512. The number of amides is 2. The first-order valence-corrected chi connectivity index (χ1v) is 9.98. The number of hydrogen-bond donors (Lipinski definition) is 1. The van der Waals surface area contributed by atoms with Crippen LogP contribution in [0.1, 0.15) is 34.5 Å². The van der Waals surface area contributed by atoms with Crippen molar-refractivity contribution < 1.29 is 9.59 Å². The highest BCUT2D eigenvalue weighted by Crippen LogP contribution is 2.23. The number of hydrogen-bond acceptors (Lipinski definition) is 2. The van der Waals surface area contributed by atoms with E-state index in [0.717, 1.165) is 11.1 Å². The van der Waals surface area contributed by atoms with Gasteiger partial charge in [0.05, 0.1) is 6.04 Å². The van der Waals surface area contributed by atoms with Crippen molar-refractivity contribution in [2.75, 3.05) is 12.4 Å². The third-order valence-corrected chi connectivity index (χ3v) is 5.13. The summed E-state index contributed by atoms with van der Waals surface area (Å²) in [6.07, 6.45) is 3.30. The molecule has 0 aliphatic carbocycles. The number of likely N-dealkylation sites (N-methyl/N-ethyl adjacent to an activating group) is 1. The molecular formula is C25H23ClN2O2. The Morgan fingerprint density at radius 2 is 1.67 bits per heavy atom. The fraction of sp³-hybridized carbons (Fsp3) is 0.120. The first kappa shape index (κ1) is 21.3. The zero-order chi connectivity index (χ0) is 21.5. The van der Waals surface area contributed by atoms with E-state index in [2.05, 4.69) is 5.32 Å². The second-order valence-corrected chi connectivity index (χ2v) is 7.39. The molecule has 3 rings (SSSR count). The van der Waals surface area contributed by atoms with Gasteiger partial charge in [-0.15, -0.1) is 0 Å². The van der Waals surface area contributed by atoms with Crippen molar-refractivity contribution in [3.05, 3.63) is 107 Å². The molecule has 0 heterocycles. The summed E-state index contributed by atoms with van der Waals surface area (Å²) >= 11 is 5.89. The lowest BCUT2D eigenvalue weighted by molar-refractivity contribution is -0.126. The zero-order valence-electron chi connectivity index (χ0n) is 16.9. The average molecular weight is 419 g/mol. The molecule has 152 valence electrons. The topological polar surface area (TPSA) is 49.4 Å². The van der Waals surface area contributed by atoms with Crippen LogP contribution in [-0.4, -0.2) is 23.8 Å². The van der Waals surface area contributed by atoms with Crippen molar-refractivity contribution in [2.45, 2.75) is 13.0 Å². The molecule has 1 atom stereocenters. The highest BCUT2D eigenvalue weighted by molar-refractivity contribution is 6.30. The van der Waals surface area contributed by atoms with Gasteiger partial charge in [0, 0.05) is 29.4 Å². The molecule has 3 aromatic rings. The number of halogens is 1. The van der Waals surface area contributed by atoms with E-state index < -0.39 is 0 Å². The molecule has 4 nitrogen and oxygen atoms in total. The maximum absolute atomic E-state index is 12.6. The fourth-order valence-electron chi connectivity index (χ4n) is 2.94. The van der Waals surface area contributed by atoms with Crippen molar-refractivity contribution in [1.29, 1.82) is 0 Å². The summed E-state index contributed by atoms with van der Waals surface area (Å²) in [4.78, 5) is 26.6. The molecule has 1 unspecified atom stereocenters. The first-order chi connectivity index (χ1) is 14.4. The Morgan fingerprint density at radius 3 is 2.37 bits per heavy atom. The molecule has 1 N–H and O–H groups in total. The Kier molecular flexibility index (Phi) is 7.04. The Labute approximate surface area is 181 Å². The molecular weight excluding hydrogens is 396 g/mol. The van der Waals surface area contributed by atoms with Gasteiger partial charge in [-0.25, -0.2) is 0 Å². The Bertz CT molecular complexity index is 1050. The fourth-order valence-corrected chi connectivity index (χ4v) is 3.07. The van der Waals surface area contributed by atoms with Crippen LogP contribution in [0.2, 0.25) is 5.02 Å². The SMILES string of the molecule is CC(c1cccc(NC(=O)c2ccccc2)c1)N(C)C(=O)/C=C/c1ccc(Cl)cc1. The number of nitrogens with one attached hydrogen (secondary N) is 1. The molecule has 3 aromatic carbocycles. The molecule has 0 spiro atoms. The lowest BCUT2D eigenvalue weighted by Crippen LogP contribution is -2.28. The van der Waals surface area contributed by atoms with Gasteiger partial charge in [-0.2, -0.15) is 0 Å². The van der Waals surface area contributed by atoms with Crippen LogP contribution in [0.3, 0.4) is 0 Å². The zero-order valence-corrected chi connectivity index (χ0v) is 17.6. The summed E-state index contributed by atoms with van der Waals surface area (Å²) in [5.41, 5.74) is 3.11. The van der Waals surface area contributed by atoms with Gasteiger partial charge in [-0.05, 0) is 60.5 Å². The lowest BCUT2D eigenvalue weighted by atomic mass is 10.1. The van der Waals surface area contributed by atoms with E-state index in [1.807, 2.05) is 61.5 Å². The summed E-state index contributed by atoms with van der Waals surface area (Å²) in [7, 11) is 1.76. The van der Waals surface area contributed by atoms with E-state index in [9.17, 15) is 9.59 Å². The van der Waals surface area contributed by atoms with Crippen molar-refractivity contribution in [1.82, 2.24) is 4.90 Å². The largest absolute Gasteiger partial charge is 0.335 e. The summed E-state index contributed by atoms with van der Waals surface area (Å²) in [6, 6.07) is 23.7. The van der Waals surface area contributed by atoms with Crippen molar-refractivity contribution >= 4 is 35.2 Å². The van der Waals surface area contributed by atoms with E-state index >= 15 is 0 Å². The summed E-state index contributed by atoms with van der Waals surface area (Å²) in [6.45, 7) is 1.95. The number of anilines is 1. The molecule has 0 aliphatic heterocycles. The van der Waals surface area contributed by atoms with E-state index in [0.29, 0.717) is 16.3 Å². The Morgan fingerprint density at radius 1 is 0.967 bits per heavy atom. The Balaban J connectivity index is 1.67. The van der Waals surface area contributed by atoms with E-state index in [1.165, 1.54) is 0 Å². The number of carbonyl (C=O) groups is 2. The van der Waals surface area contributed by atoms with Crippen LogP contribution in [-0.2, 0) is 4.79 Å². The molecule has 0 aromatic heterocycles. The predicted molar refractivity (Wildman–Crippen MR) is 123 cm³/mol. The molecule has 2 amide bonds. The minimum absolute atomic E-state index is 0.115. The van der Waals surface area contributed by atoms with Gasteiger partial charge in [-0.3, -0.25) is 9.59 Å². The normalized spacial score (nSPS) is 11.8. The van der Waals surface area contributed by atoms with Crippen LogP contribution >= 0.6 is 11.6 Å². The van der Waals surface area contributed by atoms with Gasteiger partial charge in [0.1, 0.15) is 0 Å². The summed E-state index contributed by atoms with van der Waals surface area (Å²) in [5.74, 6) is -0.285. The number of nitrogens with zero attached hydrogens (tertiary/aromatic N) is 1. The maximum Gasteiger partial charge on any atom is 0.255 e. The van der Waals surface area contributed by atoms with Crippen LogP contribution in [0.5, 0.6) is 0 Å². The molecule has 0 bridgehead atoms. The molecule has 30 heavy (non-hydrogen) atoms. The van der Waals surface area contributed by atoms with Gasteiger partial charge in [-0.1, -0.05) is 54.1 Å². The van der Waals surface area contributed by atoms with Crippen LogP contribution in [0, 0.1) is 0 Å². The van der Waals surface area contributed by atoms with Gasteiger partial charge in [0.25, 0.3) is 5.91 Å². The third-order valence-electron chi connectivity index (χ3n) is 4.88. The van der Waals surface area contributed by atoms with Gasteiger partial charge < -0.3 is 10.2 Å². The summed E-state index contributed by atoms with van der Waals surface area (Å²) < 4.78 is 0. The number of carbonyl (C=O) groups excluding carboxylic acids is 2. The van der Waals surface area contributed by atoms with Gasteiger partial charge in [0.15, 0.2) is 0 Å². The van der Waals surface area contributed by atoms with E-state index in [4.69, 9.17) is 11.6 Å². The monoisotopic (exact) mass is 418 g/mol. The third kappa shape index (κ3) is 5.58. The second-order valence-electron chi connectivity index (χ2n) is 6.96. The smallest absolute Gasteiger partial charge is 0.255 e. The maximum atomic E-state index is 12.6. The molecule has 0 saturated carbocycles. The van der Waals surface area contributed by atoms with Crippen LogP contribution in [0.4, 0.5) is 5.69 Å². The molecule has 5 heteroatoms. The Hall–Kier alpha value is -3.37. The van der Waals surface area contributed by atoms with Crippen molar-refractivity contribution in [3.63, 3.8) is 0 Å². The molecule has 0 radical (unpaired) electrons.